The number of benzene rings is 2. The van der Waals surface area contributed by atoms with E-state index in [0.717, 1.165) is 18.4 Å². The molecule has 0 bridgehead atoms. The van der Waals surface area contributed by atoms with E-state index >= 15 is 0 Å². The number of fused-ring (bicyclic) bond motifs is 1. The van der Waals surface area contributed by atoms with Crippen LogP contribution in [0.15, 0.2) is 53.6 Å². The second-order valence-corrected chi connectivity index (χ2v) is 14.6. The Bertz CT molecular complexity index is 1810. The van der Waals surface area contributed by atoms with Gasteiger partial charge in [0.2, 0.25) is 17.8 Å². The van der Waals surface area contributed by atoms with Crippen LogP contribution in [0.2, 0.25) is 0 Å². The number of piperidine rings is 1. The average molecular weight is 635 g/mol. The van der Waals surface area contributed by atoms with Crippen molar-refractivity contribution in [2.24, 2.45) is 0 Å². The molecule has 0 saturated carbocycles. The summed E-state index contributed by atoms with van der Waals surface area (Å²) in [6.07, 6.45) is 3.34. The van der Waals surface area contributed by atoms with Crippen LogP contribution in [0, 0.1) is 6.92 Å². The number of aryl methyl sites for hydroxylation is 1. The summed E-state index contributed by atoms with van der Waals surface area (Å²) >= 11 is 0. The van der Waals surface area contributed by atoms with Gasteiger partial charge in [-0.25, -0.2) is 8.42 Å². The summed E-state index contributed by atoms with van der Waals surface area (Å²) in [5, 5.41) is 13.3. The standard InChI is InChI=1S/C32H42N8O4S/c1-20(2)45(42,43)27-11-9-8-10-24(27)36-31-38-30(37-28-12-15-34-40(28)31)35-25-18-21(3)23(19-26(25)44-7)22-13-16-39(17-14-22)29(41)32(4,5)33-6/h8-12,15,18-20,22,33H,13-14,16-17H2,1-7H3,(H2,35,36,37,38). The Morgan fingerprint density at radius 2 is 1.76 bits per heavy atom. The van der Waals surface area contributed by atoms with Crippen molar-refractivity contribution in [1.29, 1.82) is 0 Å². The highest BCUT2D eigenvalue weighted by atomic mass is 32.2. The SMILES string of the molecule is CNC(C)(C)C(=O)N1CCC(c2cc(OC)c(Nc3nc(Nc4ccccc4S(=O)(=O)C(C)C)n4nccc4n3)cc2C)CC1. The number of nitrogens with one attached hydrogen (secondary N) is 3. The number of carbonyl (C=O) groups is 1. The van der Waals surface area contributed by atoms with Crippen LogP contribution in [0.1, 0.15) is 57.6 Å². The molecule has 5 rings (SSSR count). The van der Waals surface area contributed by atoms with E-state index in [1.165, 1.54) is 10.1 Å². The Labute approximate surface area is 264 Å². The molecule has 2 aromatic carbocycles. The van der Waals surface area contributed by atoms with Crippen LogP contribution >= 0.6 is 0 Å². The Balaban J connectivity index is 1.41. The molecule has 1 fully saturated rings. The first-order chi connectivity index (χ1) is 21.3. The minimum Gasteiger partial charge on any atom is -0.495 e. The van der Waals surface area contributed by atoms with Gasteiger partial charge >= 0.3 is 0 Å². The van der Waals surface area contributed by atoms with Crippen LogP contribution < -0.4 is 20.7 Å². The van der Waals surface area contributed by atoms with Crippen molar-refractivity contribution in [2.45, 2.75) is 69.1 Å². The summed E-state index contributed by atoms with van der Waals surface area (Å²) in [4.78, 5) is 24.4. The van der Waals surface area contributed by atoms with Crippen LogP contribution in [-0.4, -0.2) is 76.8 Å². The smallest absolute Gasteiger partial charge is 0.242 e. The van der Waals surface area contributed by atoms with E-state index in [1.54, 1.807) is 57.5 Å². The lowest BCUT2D eigenvalue weighted by atomic mass is 9.86. The third-order valence-corrected chi connectivity index (χ3v) is 10.7. The average Bonchev–Trinajstić information content (AvgIpc) is 3.50. The fraction of sp³-hybridized carbons (Fsp3) is 0.438. The highest BCUT2D eigenvalue weighted by molar-refractivity contribution is 7.92. The summed E-state index contributed by atoms with van der Waals surface area (Å²) in [7, 11) is -0.122. The van der Waals surface area contributed by atoms with Crippen LogP contribution in [0.4, 0.5) is 23.3 Å². The topological polar surface area (TPSA) is 143 Å². The number of hydrogen-bond donors (Lipinski definition) is 3. The highest BCUT2D eigenvalue weighted by Gasteiger charge is 2.33. The molecule has 4 aromatic rings. The van der Waals surface area contributed by atoms with Crippen LogP contribution in [0.25, 0.3) is 5.65 Å². The van der Waals surface area contributed by atoms with Crippen molar-refractivity contribution in [3.05, 3.63) is 59.8 Å². The minimum absolute atomic E-state index is 0.117. The number of nitrogens with zero attached hydrogens (tertiary/aromatic N) is 5. The minimum atomic E-state index is -3.56. The molecule has 12 nitrogen and oxygen atoms in total. The lowest BCUT2D eigenvalue weighted by Gasteiger charge is -2.37. The van der Waals surface area contributed by atoms with Gasteiger partial charge in [-0.1, -0.05) is 12.1 Å². The maximum atomic E-state index is 13.1. The summed E-state index contributed by atoms with van der Waals surface area (Å²) in [5.41, 5.74) is 3.30. The van der Waals surface area contributed by atoms with Gasteiger partial charge in [-0.2, -0.15) is 19.6 Å². The van der Waals surface area contributed by atoms with Gasteiger partial charge < -0.3 is 25.6 Å². The van der Waals surface area contributed by atoms with Crippen LogP contribution in [0.5, 0.6) is 5.75 Å². The van der Waals surface area contributed by atoms with Crippen LogP contribution in [-0.2, 0) is 14.6 Å². The van der Waals surface area contributed by atoms with Gasteiger partial charge in [0.25, 0.3) is 0 Å². The van der Waals surface area contributed by atoms with Gasteiger partial charge in [-0.3, -0.25) is 4.79 Å². The fourth-order valence-corrected chi connectivity index (χ4v) is 6.78. The molecule has 0 spiro atoms. The molecule has 13 heteroatoms. The largest absolute Gasteiger partial charge is 0.495 e. The summed E-state index contributed by atoms with van der Waals surface area (Å²) in [5.74, 6) is 1.65. The predicted octanol–water partition coefficient (Wildman–Crippen LogP) is 4.81. The Morgan fingerprint density at radius 1 is 1.04 bits per heavy atom. The van der Waals surface area contributed by atoms with E-state index < -0.39 is 20.6 Å². The van der Waals surface area contributed by atoms with Gasteiger partial charge in [-0.05, 0) is 95.8 Å². The molecule has 0 radical (unpaired) electrons. The second kappa shape index (κ2) is 12.6. The number of methoxy groups -OCH3 is 1. The Morgan fingerprint density at radius 3 is 2.42 bits per heavy atom. The van der Waals surface area contributed by atoms with E-state index in [1.807, 2.05) is 31.9 Å². The number of likely N-dealkylation sites (N-methyl/N-ethyl adjacent to an activating group) is 1. The molecule has 1 amide bonds. The quantitative estimate of drug-likeness (QED) is 0.222. The van der Waals surface area contributed by atoms with E-state index in [4.69, 9.17) is 4.74 Å². The van der Waals surface area contributed by atoms with E-state index in [0.29, 0.717) is 53.7 Å². The summed E-state index contributed by atoms with van der Waals surface area (Å²) < 4.78 is 33.5. The molecule has 1 saturated heterocycles. The number of hydrogen-bond acceptors (Lipinski definition) is 10. The number of anilines is 4. The predicted molar refractivity (Wildman–Crippen MR) is 176 cm³/mol. The van der Waals surface area contributed by atoms with Gasteiger partial charge in [0.15, 0.2) is 15.5 Å². The van der Waals surface area contributed by atoms with E-state index in [2.05, 4.69) is 44.0 Å². The molecule has 0 atom stereocenters. The second-order valence-electron chi connectivity index (χ2n) is 12.2. The molecule has 0 unspecified atom stereocenters. The maximum absolute atomic E-state index is 13.1. The number of aromatic nitrogens is 4. The number of para-hydroxylation sites is 1. The fourth-order valence-electron chi connectivity index (χ4n) is 5.58. The van der Waals surface area contributed by atoms with Crippen molar-refractivity contribution in [3.63, 3.8) is 0 Å². The zero-order chi connectivity index (χ0) is 32.5. The number of sulfone groups is 1. The Hall–Kier alpha value is -4.23. The molecule has 45 heavy (non-hydrogen) atoms. The molecular weight excluding hydrogens is 592 g/mol. The molecule has 3 heterocycles. The van der Waals surface area contributed by atoms with Gasteiger partial charge in [0, 0.05) is 19.2 Å². The maximum Gasteiger partial charge on any atom is 0.242 e. The number of ether oxygens (including phenoxy) is 1. The van der Waals surface area contributed by atoms with Crippen molar-refractivity contribution in [1.82, 2.24) is 29.8 Å². The Kier molecular flexibility index (Phi) is 9.04. The summed E-state index contributed by atoms with van der Waals surface area (Å²) in [6.45, 7) is 10.6. The molecule has 240 valence electrons. The first-order valence-corrected chi connectivity index (χ1v) is 16.7. The molecule has 0 aliphatic carbocycles. The number of carbonyl (C=O) groups excluding carboxylic acids is 1. The molecule has 2 aromatic heterocycles. The van der Waals surface area contributed by atoms with Crippen LogP contribution in [0.3, 0.4) is 0 Å². The number of likely N-dealkylation sites (tertiary alicyclic amines) is 1. The number of rotatable bonds is 10. The van der Waals surface area contributed by atoms with Crippen molar-refractivity contribution < 1.29 is 17.9 Å². The van der Waals surface area contributed by atoms with Gasteiger partial charge in [-0.15, -0.1) is 0 Å². The lowest BCUT2D eigenvalue weighted by Crippen LogP contribution is -2.54. The van der Waals surface area contributed by atoms with E-state index in [9.17, 15) is 13.2 Å². The number of amides is 1. The highest BCUT2D eigenvalue weighted by Crippen LogP contribution is 2.38. The molecule has 1 aliphatic heterocycles. The first kappa shape index (κ1) is 32.2. The van der Waals surface area contributed by atoms with Crippen molar-refractivity contribution >= 4 is 44.7 Å². The van der Waals surface area contributed by atoms with Gasteiger partial charge in [0.05, 0.1) is 40.4 Å². The third kappa shape index (κ3) is 6.45. The third-order valence-electron chi connectivity index (χ3n) is 8.53. The summed E-state index contributed by atoms with van der Waals surface area (Å²) in [6, 6.07) is 12.6. The monoisotopic (exact) mass is 634 g/mol. The molecule has 1 aliphatic rings. The molecular formula is C32H42N8O4S. The van der Waals surface area contributed by atoms with Crippen molar-refractivity contribution in [3.8, 4) is 5.75 Å². The van der Waals surface area contributed by atoms with Crippen molar-refractivity contribution in [2.75, 3.05) is 37.9 Å². The van der Waals surface area contributed by atoms with Gasteiger partial charge in [0.1, 0.15) is 5.75 Å². The zero-order valence-corrected chi connectivity index (χ0v) is 27.7. The zero-order valence-electron chi connectivity index (χ0n) is 26.9. The van der Waals surface area contributed by atoms with E-state index in [-0.39, 0.29) is 10.8 Å². The molecule has 3 N–H and O–H groups in total. The normalized spacial score (nSPS) is 14.6. The lowest BCUT2D eigenvalue weighted by molar-refractivity contribution is -0.138. The first-order valence-electron chi connectivity index (χ1n) is 15.1.